The molecular formula is C59H46BN3O2. The topological polar surface area (TPSA) is 37.7 Å². The summed E-state index contributed by atoms with van der Waals surface area (Å²) in [5.74, 6) is 0. The molecule has 0 spiro atoms. The van der Waals surface area contributed by atoms with E-state index in [0.29, 0.717) is 0 Å². The van der Waals surface area contributed by atoms with Crippen LogP contribution in [-0.2, 0) is 10.8 Å². The Morgan fingerprint density at radius 3 is 1.86 bits per heavy atom. The molecule has 0 amide bonds. The van der Waals surface area contributed by atoms with E-state index in [-0.39, 0.29) is 17.7 Å². The van der Waals surface area contributed by atoms with Gasteiger partial charge in [-0.15, -0.1) is 0 Å². The minimum absolute atomic E-state index is 0.0143. The molecule has 14 rings (SSSR count). The predicted octanol–water partition coefficient (Wildman–Crippen LogP) is 15.0. The van der Waals surface area contributed by atoms with Crippen LogP contribution in [0.1, 0.15) is 57.2 Å². The monoisotopic (exact) mass is 839 g/mol. The smallest absolute Gasteiger partial charge is 0.336 e. The van der Waals surface area contributed by atoms with Crippen LogP contribution in [-0.4, -0.2) is 11.3 Å². The predicted molar refractivity (Wildman–Crippen MR) is 272 cm³/mol. The van der Waals surface area contributed by atoms with Gasteiger partial charge in [-0.3, -0.25) is 0 Å². The molecule has 3 aliphatic rings. The maximum atomic E-state index is 7.04. The highest BCUT2D eigenvalue weighted by Crippen LogP contribution is 2.53. The number of benzene rings is 8. The molecule has 6 heteroatoms. The molecule has 3 aromatic heterocycles. The van der Waals surface area contributed by atoms with Crippen molar-refractivity contribution in [1.82, 2.24) is 4.48 Å². The summed E-state index contributed by atoms with van der Waals surface area (Å²) in [4.78, 5) is 5.03. The number of nitrogens with zero attached hydrogens (tertiary/aromatic N) is 3. The Bertz CT molecular complexity index is 3780. The van der Waals surface area contributed by atoms with Crippen molar-refractivity contribution in [3.05, 3.63) is 180 Å². The fourth-order valence-electron chi connectivity index (χ4n) is 12.0. The van der Waals surface area contributed by atoms with E-state index in [0.717, 1.165) is 85.3 Å². The lowest BCUT2D eigenvalue weighted by Crippen LogP contribution is -2.56. The first kappa shape index (κ1) is 37.0. The normalized spacial score (nSPS) is 15.5. The summed E-state index contributed by atoms with van der Waals surface area (Å²) in [5, 5.41) is 5.72. The highest BCUT2D eigenvalue weighted by molar-refractivity contribution is 6.90. The lowest BCUT2D eigenvalue weighted by atomic mass is 9.45. The molecule has 0 unspecified atom stereocenters. The third kappa shape index (κ3) is 5.00. The van der Waals surface area contributed by atoms with Gasteiger partial charge in [0, 0.05) is 66.7 Å². The Morgan fingerprint density at radius 1 is 0.508 bits per heavy atom. The summed E-state index contributed by atoms with van der Waals surface area (Å²) >= 11 is 0. The maximum Gasteiger partial charge on any atom is 0.336 e. The van der Waals surface area contributed by atoms with Gasteiger partial charge >= 0.3 is 6.85 Å². The number of aryl methyl sites for hydroxylation is 1. The van der Waals surface area contributed by atoms with Gasteiger partial charge in [-0.1, -0.05) is 125 Å². The average molecular weight is 840 g/mol. The molecular weight excluding hydrogens is 793 g/mol. The van der Waals surface area contributed by atoms with Crippen molar-refractivity contribution in [2.75, 3.05) is 9.80 Å². The van der Waals surface area contributed by atoms with Gasteiger partial charge in [0.1, 0.15) is 16.7 Å². The second-order valence-electron chi connectivity index (χ2n) is 20.0. The zero-order valence-corrected chi connectivity index (χ0v) is 37.2. The number of hydrogen-bond acceptors (Lipinski definition) is 4. The SMILES string of the molecule is Cc1cc2c(cc1N1c3cc4c(cc3B3c5c(cc(N(c6ccccc6)c6ccccc6)cc51)-c1cccc5c6c7ccccc7oc6n3c15)oc1ccccc14)C(C)(C)CCC2(C)C. The zero-order valence-electron chi connectivity index (χ0n) is 37.2. The molecule has 1 aliphatic carbocycles. The van der Waals surface area contributed by atoms with Crippen LogP contribution in [0.25, 0.3) is 66.0 Å². The van der Waals surface area contributed by atoms with Gasteiger partial charge in [-0.05, 0) is 131 Å². The largest absolute Gasteiger partial charge is 0.456 e. The van der Waals surface area contributed by atoms with E-state index < -0.39 is 0 Å². The van der Waals surface area contributed by atoms with Crippen molar-refractivity contribution in [3.8, 4) is 11.1 Å². The van der Waals surface area contributed by atoms with Crippen molar-refractivity contribution in [2.45, 2.75) is 58.3 Å². The minimum atomic E-state index is -0.219. The van der Waals surface area contributed by atoms with E-state index in [1.165, 1.54) is 55.3 Å². The van der Waals surface area contributed by atoms with Crippen molar-refractivity contribution in [2.24, 2.45) is 0 Å². The molecule has 5 heterocycles. The van der Waals surface area contributed by atoms with Gasteiger partial charge in [-0.25, -0.2) is 0 Å². The summed E-state index contributed by atoms with van der Waals surface area (Å²) in [6, 6.07) is 60.2. The van der Waals surface area contributed by atoms with Crippen LogP contribution >= 0.6 is 0 Å². The summed E-state index contributed by atoms with van der Waals surface area (Å²) in [7, 11) is 0. The van der Waals surface area contributed by atoms with Gasteiger partial charge in [0.15, 0.2) is 5.71 Å². The molecule has 8 aromatic carbocycles. The van der Waals surface area contributed by atoms with Gasteiger partial charge < -0.3 is 23.1 Å². The lowest BCUT2D eigenvalue weighted by Gasteiger charge is -2.45. The Hall–Kier alpha value is -7.44. The van der Waals surface area contributed by atoms with Crippen LogP contribution in [0.3, 0.4) is 0 Å². The third-order valence-corrected chi connectivity index (χ3v) is 15.3. The fourth-order valence-corrected chi connectivity index (χ4v) is 12.0. The van der Waals surface area contributed by atoms with E-state index in [9.17, 15) is 0 Å². The zero-order chi connectivity index (χ0) is 43.5. The molecule has 2 aliphatic heterocycles. The van der Waals surface area contributed by atoms with E-state index in [1.807, 2.05) is 0 Å². The van der Waals surface area contributed by atoms with E-state index in [2.05, 4.69) is 213 Å². The van der Waals surface area contributed by atoms with Crippen molar-refractivity contribution in [3.63, 3.8) is 0 Å². The first-order chi connectivity index (χ1) is 31.6. The molecule has 0 saturated heterocycles. The van der Waals surface area contributed by atoms with Crippen LogP contribution in [0, 0.1) is 6.92 Å². The van der Waals surface area contributed by atoms with Crippen molar-refractivity contribution >= 4 is 107 Å². The Morgan fingerprint density at radius 2 is 1.14 bits per heavy atom. The van der Waals surface area contributed by atoms with Gasteiger partial charge in [0.2, 0.25) is 0 Å². The number of anilines is 6. The number of rotatable bonds is 4. The minimum Gasteiger partial charge on any atom is -0.456 e. The third-order valence-electron chi connectivity index (χ3n) is 15.3. The van der Waals surface area contributed by atoms with Crippen LogP contribution in [0.2, 0.25) is 0 Å². The second-order valence-corrected chi connectivity index (χ2v) is 20.0. The molecule has 0 N–H and O–H groups in total. The second kappa shape index (κ2) is 12.9. The number of fused-ring (bicyclic) bond motifs is 13. The van der Waals surface area contributed by atoms with Crippen LogP contribution in [0.5, 0.6) is 0 Å². The van der Waals surface area contributed by atoms with E-state index in [1.54, 1.807) is 0 Å². The summed E-state index contributed by atoms with van der Waals surface area (Å²) in [6.45, 7) is 11.8. The molecule has 0 radical (unpaired) electrons. The number of furan rings is 2. The van der Waals surface area contributed by atoms with Crippen LogP contribution in [0.4, 0.5) is 34.1 Å². The lowest BCUT2D eigenvalue weighted by molar-refractivity contribution is 0.332. The fraction of sp³-hybridized carbons (Fsp3) is 0.153. The molecule has 5 nitrogen and oxygen atoms in total. The summed E-state index contributed by atoms with van der Waals surface area (Å²) in [6.07, 6.45) is 2.30. The average Bonchev–Trinajstić information content (AvgIpc) is 3.99. The van der Waals surface area contributed by atoms with Crippen LogP contribution in [0.15, 0.2) is 173 Å². The van der Waals surface area contributed by atoms with Crippen molar-refractivity contribution in [1.29, 1.82) is 0 Å². The molecule has 0 atom stereocenters. The molecule has 65 heavy (non-hydrogen) atoms. The Balaban J connectivity index is 1.17. The summed E-state index contributed by atoms with van der Waals surface area (Å²) < 4.78 is 16.3. The van der Waals surface area contributed by atoms with Crippen molar-refractivity contribution < 1.29 is 8.83 Å². The molecule has 11 aromatic rings. The molecule has 0 saturated carbocycles. The Kier molecular flexibility index (Phi) is 7.31. The first-order valence-corrected chi connectivity index (χ1v) is 23.1. The standard InChI is InChI=1S/C59H46BN3O2/c1-35-29-45-46(59(4,5)28-27-58(45,2)3)33-48(35)62-49-32-43-39-21-12-14-25-51(39)64-53(43)34-47(49)60-55-44(30-38(31-50(55)62)61(36-17-8-6-9-18-36)37-19-10-7-11-20-37)40-23-16-24-42-54-41-22-13-15-26-52(41)65-57(54)63(60)56(40)42/h6-26,29-34H,27-28H2,1-5H3. The highest BCUT2D eigenvalue weighted by atomic mass is 16.3. The maximum absolute atomic E-state index is 7.04. The first-order valence-electron chi connectivity index (χ1n) is 23.1. The quantitative estimate of drug-likeness (QED) is 0.166. The summed E-state index contributed by atoms with van der Waals surface area (Å²) in [5.41, 5.74) is 20.7. The van der Waals surface area contributed by atoms with Gasteiger partial charge in [0.25, 0.3) is 0 Å². The number of hydrogen-bond donors (Lipinski definition) is 0. The van der Waals surface area contributed by atoms with E-state index in [4.69, 9.17) is 8.83 Å². The van der Waals surface area contributed by atoms with E-state index >= 15 is 0 Å². The molecule has 0 bridgehead atoms. The van der Waals surface area contributed by atoms with Crippen LogP contribution < -0.4 is 20.7 Å². The number of para-hydroxylation sites is 5. The highest BCUT2D eigenvalue weighted by Gasteiger charge is 2.46. The van der Waals surface area contributed by atoms with Gasteiger partial charge in [-0.2, -0.15) is 0 Å². The van der Waals surface area contributed by atoms with Gasteiger partial charge in [0.05, 0.1) is 5.39 Å². The number of aromatic nitrogens is 1. The molecule has 0 fully saturated rings. The molecule has 312 valence electrons. The Labute approximate surface area is 378 Å².